The Morgan fingerprint density at radius 2 is 2.00 bits per heavy atom. The molecule has 0 radical (unpaired) electrons. The summed E-state index contributed by atoms with van der Waals surface area (Å²) in [7, 11) is 0. The van der Waals surface area contributed by atoms with Gasteiger partial charge in [-0.15, -0.1) is 10.2 Å². The van der Waals surface area contributed by atoms with Gasteiger partial charge in [-0.3, -0.25) is 0 Å². The molecule has 0 spiro atoms. The van der Waals surface area contributed by atoms with Crippen LogP contribution in [0.15, 0.2) is 33.9 Å². The van der Waals surface area contributed by atoms with Crippen LogP contribution in [0.3, 0.4) is 0 Å². The first-order chi connectivity index (χ1) is 10.2. The third-order valence-electron chi connectivity index (χ3n) is 2.69. The summed E-state index contributed by atoms with van der Waals surface area (Å²) in [5, 5.41) is 25.6. The molecule has 0 fully saturated rings. The summed E-state index contributed by atoms with van der Waals surface area (Å²) < 4.78 is 18.3. The minimum atomic E-state index is -0.331. The number of halogens is 1. The van der Waals surface area contributed by atoms with Crippen molar-refractivity contribution in [1.29, 1.82) is 10.5 Å². The molecule has 1 aromatic carbocycles. The molecule has 0 aliphatic carbocycles. The van der Waals surface area contributed by atoms with Gasteiger partial charge in [0.05, 0.1) is 18.1 Å². The van der Waals surface area contributed by atoms with E-state index >= 15 is 0 Å². The zero-order valence-electron chi connectivity index (χ0n) is 11.0. The molecule has 0 aliphatic heterocycles. The van der Waals surface area contributed by atoms with Crippen LogP contribution in [0, 0.1) is 34.4 Å². The normalized spacial score (nSPS) is 11.6. The standard InChI is InChI=1S/C14H11FN4OS/c15-12-5-3-11(4-6-12)13-18-19-14(20-13)21-9-10(8-17)2-1-7-16/h3-6,10H,1-2,9H2/t10-/m1/s1. The van der Waals surface area contributed by atoms with Gasteiger partial charge >= 0.3 is 0 Å². The van der Waals surface area contributed by atoms with Crippen LogP contribution in [0.1, 0.15) is 12.8 Å². The van der Waals surface area contributed by atoms with Crippen molar-refractivity contribution in [1.82, 2.24) is 10.2 Å². The van der Waals surface area contributed by atoms with Crippen molar-refractivity contribution in [3.05, 3.63) is 30.1 Å². The Balaban J connectivity index is 1.96. The van der Waals surface area contributed by atoms with Gasteiger partial charge in [0.1, 0.15) is 5.82 Å². The van der Waals surface area contributed by atoms with Gasteiger partial charge in [-0.2, -0.15) is 10.5 Å². The maximum atomic E-state index is 12.8. The van der Waals surface area contributed by atoms with E-state index in [1.165, 1.54) is 23.9 Å². The molecule has 0 saturated heterocycles. The third-order valence-corrected chi connectivity index (χ3v) is 3.67. The van der Waals surface area contributed by atoms with Crippen LogP contribution >= 0.6 is 11.8 Å². The van der Waals surface area contributed by atoms with E-state index in [1.54, 1.807) is 12.1 Å². The minimum Gasteiger partial charge on any atom is -0.411 e. The predicted octanol–water partition coefficient (Wildman–Crippen LogP) is 3.41. The van der Waals surface area contributed by atoms with Crippen LogP contribution in [0.2, 0.25) is 0 Å². The van der Waals surface area contributed by atoms with Crippen LogP contribution in [-0.2, 0) is 0 Å². The molecule has 0 bridgehead atoms. The average Bonchev–Trinajstić information content (AvgIpc) is 2.97. The molecule has 0 N–H and O–H groups in total. The summed E-state index contributed by atoms with van der Waals surface area (Å²) in [6.45, 7) is 0. The molecular formula is C14H11FN4OS. The lowest BCUT2D eigenvalue weighted by Crippen LogP contribution is -1.99. The monoisotopic (exact) mass is 302 g/mol. The topological polar surface area (TPSA) is 86.5 Å². The first kappa shape index (κ1) is 15.0. The molecule has 2 aromatic rings. The SMILES string of the molecule is N#CCC[C@H](C#N)CSc1nnc(-c2ccc(F)cc2)o1. The van der Waals surface area contributed by atoms with Crippen molar-refractivity contribution < 1.29 is 8.81 Å². The lowest BCUT2D eigenvalue weighted by atomic mass is 10.1. The third kappa shape index (κ3) is 4.30. The zero-order valence-corrected chi connectivity index (χ0v) is 11.8. The lowest BCUT2D eigenvalue weighted by molar-refractivity contribution is 0.465. The molecule has 1 atom stereocenters. The molecule has 2 rings (SSSR count). The van der Waals surface area contributed by atoms with Crippen LogP contribution in [0.4, 0.5) is 4.39 Å². The molecular weight excluding hydrogens is 291 g/mol. The summed E-state index contributed by atoms with van der Waals surface area (Å²) in [6.07, 6.45) is 0.877. The van der Waals surface area contributed by atoms with E-state index in [1.807, 2.05) is 6.07 Å². The molecule has 106 valence electrons. The predicted molar refractivity (Wildman–Crippen MR) is 74.4 cm³/mol. The van der Waals surface area contributed by atoms with Gasteiger partial charge in [0, 0.05) is 17.7 Å². The fourth-order valence-electron chi connectivity index (χ4n) is 1.57. The van der Waals surface area contributed by atoms with Gasteiger partial charge in [0.2, 0.25) is 5.89 Å². The fourth-order valence-corrected chi connectivity index (χ4v) is 2.39. The summed E-state index contributed by atoms with van der Waals surface area (Å²) in [6, 6.07) is 9.92. The van der Waals surface area contributed by atoms with E-state index < -0.39 is 0 Å². The second-order valence-electron chi connectivity index (χ2n) is 4.21. The van der Waals surface area contributed by atoms with Gasteiger partial charge in [-0.25, -0.2) is 4.39 Å². The molecule has 7 heteroatoms. The maximum Gasteiger partial charge on any atom is 0.276 e. The van der Waals surface area contributed by atoms with Crippen LogP contribution in [-0.4, -0.2) is 16.0 Å². The Labute approximate surface area is 125 Å². The number of hydrogen-bond donors (Lipinski definition) is 0. The van der Waals surface area contributed by atoms with Crippen LogP contribution < -0.4 is 0 Å². The number of nitriles is 2. The molecule has 0 unspecified atom stereocenters. The highest BCUT2D eigenvalue weighted by atomic mass is 32.2. The number of nitrogens with zero attached hydrogens (tertiary/aromatic N) is 4. The van der Waals surface area contributed by atoms with Crippen molar-refractivity contribution in [3.63, 3.8) is 0 Å². The Hall–Kier alpha value is -2.38. The van der Waals surface area contributed by atoms with Gasteiger partial charge in [-0.05, 0) is 30.7 Å². The van der Waals surface area contributed by atoms with Crippen molar-refractivity contribution in [2.75, 3.05) is 5.75 Å². The van der Waals surface area contributed by atoms with Crippen LogP contribution in [0.25, 0.3) is 11.5 Å². The molecule has 0 amide bonds. The summed E-state index contributed by atoms with van der Waals surface area (Å²) in [5.74, 6) is 0.240. The van der Waals surface area contributed by atoms with E-state index in [0.29, 0.717) is 35.3 Å². The molecule has 1 heterocycles. The zero-order chi connectivity index (χ0) is 15.1. The summed E-state index contributed by atoms with van der Waals surface area (Å²) in [5.41, 5.74) is 0.636. The smallest absolute Gasteiger partial charge is 0.276 e. The highest BCUT2D eigenvalue weighted by molar-refractivity contribution is 7.99. The number of hydrogen-bond acceptors (Lipinski definition) is 6. The first-order valence-electron chi connectivity index (χ1n) is 6.21. The Bertz CT molecular complexity index is 672. The lowest BCUT2D eigenvalue weighted by Gasteiger charge is -2.02. The quantitative estimate of drug-likeness (QED) is 0.760. The number of rotatable bonds is 6. The van der Waals surface area contributed by atoms with Gasteiger partial charge in [0.15, 0.2) is 0 Å². The number of aromatic nitrogens is 2. The number of thioether (sulfide) groups is 1. The van der Waals surface area contributed by atoms with E-state index in [2.05, 4.69) is 16.3 Å². The molecule has 1 aromatic heterocycles. The average molecular weight is 302 g/mol. The minimum absolute atomic E-state index is 0.226. The Kier molecular flexibility index (Phi) is 5.30. The van der Waals surface area contributed by atoms with Gasteiger partial charge in [0.25, 0.3) is 5.22 Å². The summed E-state index contributed by atoms with van der Waals surface area (Å²) in [4.78, 5) is 0. The van der Waals surface area contributed by atoms with E-state index in [4.69, 9.17) is 14.9 Å². The van der Waals surface area contributed by atoms with Crippen LogP contribution in [0.5, 0.6) is 0 Å². The van der Waals surface area contributed by atoms with Gasteiger partial charge in [-0.1, -0.05) is 11.8 Å². The molecule has 0 aliphatic rings. The van der Waals surface area contributed by atoms with Crippen molar-refractivity contribution in [3.8, 4) is 23.6 Å². The second-order valence-corrected chi connectivity index (χ2v) is 5.19. The Morgan fingerprint density at radius 1 is 1.24 bits per heavy atom. The maximum absolute atomic E-state index is 12.8. The first-order valence-corrected chi connectivity index (χ1v) is 7.20. The summed E-state index contributed by atoms with van der Waals surface area (Å²) >= 11 is 1.28. The van der Waals surface area contributed by atoms with E-state index in [9.17, 15) is 4.39 Å². The number of benzene rings is 1. The highest BCUT2D eigenvalue weighted by Crippen LogP contribution is 2.25. The van der Waals surface area contributed by atoms with Crippen molar-refractivity contribution >= 4 is 11.8 Å². The highest BCUT2D eigenvalue weighted by Gasteiger charge is 2.13. The Morgan fingerprint density at radius 3 is 2.67 bits per heavy atom. The molecule has 0 saturated carbocycles. The van der Waals surface area contributed by atoms with E-state index in [-0.39, 0.29) is 11.7 Å². The van der Waals surface area contributed by atoms with Gasteiger partial charge < -0.3 is 4.42 Å². The fraction of sp³-hybridized carbons (Fsp3) is 0.286. The second kappa shape index (κ2) is 7.41. The van der Waals surface area contributed by atoms with Crippen molar-refractivity contribution in [2.45, 2.75) is 18.1 Å². The molecule has 21 heavy (non-hydrogen) atoms. The van der Waals surface area contributed by atoms with Crippen molar-refractivity contribution in [2.24, 2.45) is 5.92 Å². The largest absolute Gasteiger partial charge is 0.411 e. The van der Waals surface area contributed by atoms with E-state index in [0.717, 1.165) is 0 Å². The molecule has 5 nitrogen and oxygen atoms in total.